The Labute approximate surface area is 130 Å². The number of carbonyl (C=O) groups excluding carboxylic acids is 1. The van der Waals surface area contributed by atoms with Gasteiger partial charge in [0.15, 0.2) is 8.32 Å². The number of nitrogens with two attached hydrogens (primary N) is 1. The van der Waals surface area contributed by atoms with Crippen molar-refractivity contribution >= 4 is 14.7 Å². The normalized spacial score (nSPS) is 15.4. The minimum atomic E-state index is -1.85. The van der Waals surface area contributed by atoms with E-state index in [0.29, 0.717) is 26.1 Å². The molecular formula is C15H32N2O3Si. The Morgan fingerprint density at radius 1 is 1.38 bits per heavy atom. The molecule has 0 rings (SSSR count). The fourth-order valence-electron chi connectivity index (χ4n) is 1.66. The molecule has 0 aliphatic heterocycles. The molecule has 1 amide bonds. The van der Waals surface area contributed by atoms with Crippen molar-refractivity contribution in [1.82, 2.24) is 5.06 Å². The molecule has 0 saturated heterocycles. The quantitative estimate of drug-likeness (QED) is 0.291. The monoisotopic (exact) mass is 316 g/mol. The predicted molar refractivity (Wildman–Crippen MR) is 89.2 cm³/mol. The number of hydrogen-bond donors (Lipinski definition) is 1. The van der Waals surface area contributed by atoms with Gasteiger partial charge in [-0.2, -0.15) is 0 Å². The highest BCUT2D eigenvalue weighted by molar-refractivity contribution is 6.74. The van der Waals surface area contributed by atoms with Crippen molar-refractivity contribution in [3.63, 3.8) is 0 Å². The Balaban J connectivity index is 4.71. The maximum absolute atomic E-state index is 11.0. The van der Waals surface area contributed by atoms with Crippen molar-refractivity contribution in [2.24, 2.45) is 11.7 Å². The van der Waals surface area contributed by atoms with Gasteiger partial charge in [-0.1, -0.05) is 26.8 Å². The van der Waals surface area contributed by atoms with E-state index in [9.17, 15) is 4.79 Å². The Bertz CT molecular complexity index is 329. The van der Waals surface area contributed by atoms with Gasteiger partial charge < -0.3 is 10.2 Å². The maximum Gasteiger partial charge on any atom is 0.233 e. The second kappa shape index (κ2) is 8.68. The van der Waals surface area contributed by atoms with Gasteiger partial charge in [0.2, 0.25) is 6.41 Å². The molecule has 2 unspecified atom stereocenters. The summed E-state index contributed by atoms with van der Waals surface area (Å²) in [5.41, 5.74) is 5.85. The van der Waals surface area contributed by atoms with E-state index < -0.39 is 8.32 Å². The lowest BCUT2D eigenvalue weighted by molar-refractivity contribution is -0.172. The third-order valence-electron chi connectivity index (χ3n) is 4.14. The Hall–Kier alpha value is -0.693. The molecule has 5 nitrogen and oxygen atoms in total. The molecule has 124 valence electrons. The highest BCUT2D eigenvalue weighted by atomic mass is 28.4. The van der Waals surface area contributed by atoms with Crippen LogP contribution in [0.25, 0.3) is 0 Å². The van der Waals surface area contributed by atoms with E-state index in [1.165, 1.54) is 5.06 Å². The standard InChI is InChI=1S/C15H32N2O3Si/c1-8-9-19-17(12-18)11-14(10-16)13(2)20-21(6,7)15(3,4)5/h8,12-14H,1,9-11,16H2,2-7H3. The number of hydrogen-bond acceptors (Lipinski definition) is 4. The van der Waals surface area contributed by atoms with Gasteiger partial charge in [-0.25, -0.2) is 5.06 Å². The van der Waals surface area contributed by atoms with Crippen LogP contribution in [-0.4, -0.2) is 45.6 Å². The third-order valence-corrected chi connectivity index (χ3v) is 8.72. The zero-order valence-corrected chi connectivity index (χ0v) is 15.4. The van der Waals surface area contributed by atoms with Crippen LogP contribution in [0.15, 0.2) is 12.7 Å². The van der Waals surface area contributed by atoms with Crippen LogP contribution in [0.5, 0.6) is 0 Å². The van der Waals surface area contributed by atoms with Gasteiger partial charge in [0.1, 0.15) is 0 Å². The van der Waals surface area contributed by atoms with Crippen molar-refractivity contribution in [3.8, 4) is 0 Å². The van der Waals surface area contributed by atoms with Crippen LogP contribution in [0.2, 0.25) is 18.1 Å². The molecule has 0 aliphatic rings. The van der Waals surface area contributed by atoms with E-state index in [2.05, 4.69) is 40.4 Å². The lowest BCUT2D eigenvalue weighted by Gasteiger charge is -2.40. The molecule has 0 bridgehead atoms. The van der Waals surface area contributed by atoms with Crippen LogP contribution in [0, 0.1) is 5.92 Å². The minimum Gasteiger partial charge on any atom is -0.414 e. The molecule has 0 heterocycles. The van der Waals surface area contributed by atoms with Gasteiger partial charge in [0, 0.05) is 12.0 Å². The zero-order valence-electron chi connectivity index (χ0n) is 14.4. The van der Waals surface area contributed by atoms with Gasteiger partial charge in [-0.05, 0) is 31.6 Å². The summed E-state index contributed by atoms with van der Waals surface area (Å²) in [7, 11) is -1.85. The smallest absolute Gasteiger partial charge is 0.233 e. The highest BCUT2D eigenvalue weighted by Gasteiger charge is 2.39. The number of amides is 1. The summed E-state index contributed by atoms with van der Waals surface area (Å²) in [6.07, 6.45) is 2.25. The molecule has 0 saturated carbocycles. The Kier molecular flexibility index (Phi) is 8.39. The zero-order chi connectivity index (χ0) is 16.7. The van der Waals surface area contributed by atoms with Crippen LogP contribution >= 0.6 is 0 Å². The van der Waals surface area contributed by atoms with Crippen molar-refractivity contribution in [2.45, 2.75) is 51.9 Å². The van der Waals surface area contributed by atoms with Gasteiger partial charge in [0.25, 0.3) is 0 Å². The topological polar surface area (TPSA) is 64.8 Å². The van der Waals surface area contributed by atoms with Crippen LogP contribution in [0.4, 0.5) is 0 Å². The fourth-order valence-corrected chi connectivity index (χ4v) is 3.13. The third kappa shape index (κ3) is 6.73. The first-order chi connectivity index (χ1) is 9.59. The molecule has 0 aliphatic carbocycles. The summed E-state index contributed by atoms with van der Waals surface area (Å²) in [4.78, 5) is 16.3. The molecule has 0 aromatic heterocycles. The molecule has 0 aromatic rings. The first-order valence-electron chi connectivity index (χ1n) is 7.42. The number of hydroxylamine groups is 2. The average Bonchev–Trinajstić information content (AvgIpc) is 2.37. The van der Waals surface area contributed by atoms with Crippen molar-refractivity contribution in [1.29, 1.82) is 0 Å². The molecule has 21 heavy (non-hydrogen) atoms. The van der Waals surface area contributed by atoms with Crippen LogP contribution in [-0.2, 0) is 14.1 Å². The molecule has 0 radical (unpaired) electrons. The van der Waals surface area contributed by atoms with Crippen molar-refractivity contribution in [2.75, 3.05) is 19.7 Å². The van der Waals surface area contributed by atoms with Gasteiger partial charge in [-0.15, -0.1) is 6.58 Å². The summed E-state index contributed by atoms with van der Waals surface area (Å²) in [5.74, 6) is 0.0362. The first-order valence-corrected chi connectivity index (χ1v) is 10.3. The molecule has 0 aromatic carbocycles. The molecular weight excluding hydrogens is 284 g/mol. The maximum atomic E-state index is 11.0. The van der Waals surface area contributed by atoms with Gasteiger partial charge in [-0.3, -0.25) is 9.63 Å². The summed E-state index contributed by atoms with van der Waals surface area (Å²) in [6, 6.07) is 0. The summed E-state index contributed by atoms with van der Waals surface area (Å²) in [5, 5.41) is 1.41. The Morgan fingerprint density at radius 3 is 2.33 bits per heavy atom. The first kappa shape index (κ1) is 20.3. The van der Waals surface area contributed by atoms with Gasteiger partial charge >= 0.3 is 0 Å². The largest absolute Gasteiger partial charge is 0.414 e. The molecule has 0 fully saturated rings. The number of nitrogens with zero attached hydrogens (tertiary/aromatic N) is 1. The lowest BCUT2D eigenvalue weighted by atomic mass is 10.0. The molecule has 2 N–H and O–H groups in total. The lowest BCUT2D eigenvalue weighted by Crippen LogP contribution is -2.48. The van der Waals surface area contributed by atoms with E-state index in [4.69, 9.17) is 15.0 Å². The van der Waals surface area contributed by atoms with Crippen molar-refractivity contribution in [3.05, 3.63) is 12.7 Å². The van der Waals surface area contributed by atoms with Gasteiger partial charge in [0.05, 0.1) is 13.2 Å². The minimum absolute atomic E-state index is 0.0225. The summed E-state index contributed by atoms with van der Waals surface area (Å²) >= 11 is 0. The van der Waals surface area contributed by atoms with E-state index in [1.807, 2.05) is 6.92 Å². The van der Waals surface area contributed by atoms with Crippen molar-refractivity contribution < 1.29 is 14.1 Å². The SMILES string of the molecule is C=CCON(C=O)CC(CN)C(C)O[Si](C)(C)C(C)(C)C. The Morgan fingerprint density at radius 2 is 1.95 bits per heavy atom. The second-order valence-corrected chi connectivity index (χ2v) is 11.6. The highest BCUT2D eigenvalue weighted by Crippen LogP contribution is 2.37. The average molecular weight is 317 g/mol. The van der Waals surface area contributed by atoms with E-state index >= 15 is 0 Å². The number of carbonyl (C=O) groups is 1. The number of rotatable bonds is 10. The summed E-state index contributed by atoms with van der Waals surface area (Å²) < 4.78 is 6.35. The summed E-state index contributed by atoms with van der Waals surface area (Å²) in [6.45, 7) is 17.8. The molecule has 2 atom stereocenters. The van der Waals surface area contributed by atoms with Crippen LogP contribution in [0.3, 0.4) is 0 Å². The van der Waals surface area contributed by atoms with E-state index in [-0.39, 0.29) is 17.1 Å². The molecule has 6 heteroatoms. The molecule has 0 spiro atoms. The fraction of sp³-hybridized carbons (Fsp3) is 0.800. The van der Waals surface area contributed by atoms with E-state index in [0.717, 1.165) is 0 Å². The second-order valence-electron chi connectivity index (χ2n) is 6.87. The van der Waals surface area contributed by atoms with Crippen LogP contribution < -0.4 is 5.73 Å². The van der Waals surface area contributed by atoms with E-state index in [1.54, 1.807) is 6.08 Å². The predicted octanol–water partition coefficient (Wildman–Crippen LogP) is 2.55. The van der Waals surface area contributed by atoms with Crippen LogP contribution in [0.1, 0.15) is 27.7 Å².